The molecular weight excluding hydrogens is 508 g/mol. The summed E-state index contributed by atoms with van der Waals surface area (Å²) in [4.78, 5) is 16.0. The molecule has 0 aromatic heterocycles. The quantitative estimate of drug-likeness (QED) is 0.347. The molecule has 0 bridgehead atoms. The van der Waals surface area contributed by atoms with Crippen LogP contribution in [0, 0.1) is 5.82 Å². The fraction of sp³-hybridized carbons (Fsp3) is 0.138. The fourth-order valence-corrected chi connectivity index (χ4v) is 9.92. The summed E-state index contributed by atoms with van der Waals surface area (Å²) in [6, 6.07) is 38.1. The number of hydrogen-bond acceptors (Lipinski definition) is 1. The van der Waals surface area contributed by atoms with Crippen LogP contribution in [0.3, 0.4) is 0 Å². The predicted octanol–water partition coefficient (Wildman–Crippen LogP) is 1.92. The first-order valence-electron chi connectivity index (χ1n) is 11.3. The number of hydrogen-bond donors (Lipinski definition) is 0. The van der Waals surface area contributed by atoms with Crippen molar-refractivity contribution < 1.29 is 26.2 Å². The topological polar surface area (TPSA) is 20.3 Å². The van der Waals surface area contributed by atoms with E-state index in [9.17, 15) is 9.18 Å². The van der Waals surface area contributed by atoms with E-state index in [1.54, 1.807) is 12.1 Å². The average Bonchev–Trinajstić information content (AvgIpc) is 3.23. The van der Waals surface area contributed by atoms with Gasteiger partial charge in [-0.25, -0.2) is 4.39 Å². The van der Waals surface area contributed by atoms with Crippen molar-refractivity contribution in [3.8, 4) is 0 Å². The van der Waals surface area contributed by atoms with Crippen LogP contribution in [0.15, 0.2) is 115 Å². The summed E-state index contributed by atoms with van der Waals surface area (Å²) in [6.07, 6.45) is 0.798. The highest BCUT2D eigenvalue weighted by atomic mass is 79.9. The Kier molecular flexibility index (Phi) is 7.60. The minimum atomic E-state index is -2.26. The zero-order valence-electron chi connectivity index (χ0n) is 18.7. The van der Waals surface area contributed by atoms with Gasteiger partial charge in [0.2, 0.25) is 0 Å². The number of carbonyl (C=O) groups excluding carboxylic acids is 1. The minimum Gasteiger partial charge on any atom is -1.00 e. The fourth-order valence-electron chi connectivity index (χ4n) is 5.03. The molecule has 4 aromatic rings. The SMILES string of the molecule is O=C1C([P+](c2ccccc2)(c2ccccc2)c2ccccc2)CCN1Cc1ccc(F)cc1.[Br-]. The smallest absolute Gasteiger partial charge is 0.264 e. The third-order valence-electron chi connectivity index (χ3n) is 6.51. The van der Waals surface area contributed by atoms with Gasteiger partial charge in [-0.2, -0.15) is 0 Å². The first-order valence-corrected chi connectivity index (χ1v) is 13.1. The molecule has 5 rings (SSSR count). The second-order valence-electron chi connectivity index (χ2n) is 8.42. The van der Waals surface area contributed by atoms with Gasteiger partial charge in [0.1, 0.15) is 29.0 Å². The highest BCUT2D eigenvalue weighted by Crippen LogP contribution is 2.62. The van der Waals surface area contributed by atoms with Crippen LogP contribution < -0.4 is 32.9 Å². The highest BCUT2D eigenvalue weighted by molar-refractivity contribution is 7.96. The summed E-state index contributed by atoms with van der Waals surface area (Å²) in [5.74, 6) is -0.0734. The Labute approximate surface area is 211 Å². The summed E-state index contributed by atoms with van der Waals surface area (Å²) < 4.78 is 13.4. The van der Waals surface area contributed by atoms with Crippen molar-refractivity contribution in [1.29, 1.82) is 0 Å². The lowest BCUT2D eigenvalue weighted by molar-refractivity contribution is -0.127. The first kappa shape index (κ1) is 24.3. The van der Waals surface area contributed by atoms with Gasteiger partial charge in [-0.1, -0.05) is 66.7 Å². The zero-order valence-corrected chi connectivity index (χ0v) is 21.2. The van der Waals surface area contributed by atoms with Gasteiger partial charge in [-0.3, -0.25) is 4.79 Å². The molecule has 1 amide bonds. The van der Waals surface area contributed by atoms with Crippen molar-refractivity contribution in [2.75, 3.05) is 6.54 Å². The van der Waals surface area contributed by atoms with Crippen LogP contribution in [0.1, 0.15) is 12.0 Å². The monoisotopic (exact) mass is 533 g/mol. The molecule has 4 aromatic carbocycles. The maximum atomic E-state index is 14.0. The Morgan fingerprint density at radius 3 is 1.59 bits per heavy atom. The summed E-state index contributed by atoms with van der Waals surface area (Å²) >= 11 is 0. The zero-order chi connectivity index (χ0) is 22.7. The molecule has 5 heteroatoms. The minimum absolute atomic E-state index is 0. The van der Waals surface area contributed by atoms with Crippen molar-refractivity contribution in [3.63, 3.8) is 0 Å². The third kappa shape index (κ3) is 4.45. The van der Waals surface area contributed by atoms with E-state index >= 15 is 0 Å². The molecule has 0 aliphatic carbocycles. The Morgan fingerprint density at radius 1 is 0.706 bits per heavy atom. The molecule has 1 aliphatic rings. The molecule has 1 unspecified atom stereocenters. The third-order valence-corrected chi connectivity index (χ3v) is 11.3. The summed E-state index contributed by atoms with van der Waals surface area (Å²) in [5.41, 5.74) is 0.818. The van der Waals surface area contributed by atoms with E-state index in [1.807, 2.05) is 23.1 Å². The molecule has 0 radical (unpaired) electrons. The molecule has 2 nitrogen and oxygen atoms in total. The van der Waals surface area contributed by atoms with Gasteiger partial charge in [-0.05, 0) is 54.1 Å². The molecule has 0 spiro atoms. The molecular formula is C29H26BrFNOP. The van der Waals surface area contributed by atoms with Gasteiger partial charge in [-0.15, -0.1) is 0 Å². The van der Waals surface area contributed by atoms with Crippen LogP contribution in [0.2, 0.25) is 0 Å². The standard InChI is InChI=1S/C29H26FNOP.BrH/c30-24-18-16-23(17-19-24)22-31-21-20-28(29(31)32)33(25-10-4-1-5-11-25,26-12-6-2-7-13-26)27-14-8-3-9-15-27;/h1-19,28H,20-22H2;1H/q+1;/p-1. The molecule has 1 saturated heterocycles. The van der Waals surface area contributed by atoms with Gasteiger partial charge in [0, 0.05) is 19.5 Å². The van der Waals surface area contributed by atoms with Gasteiger partial charge in [0.05, 0.1) is 0 Å². The number of nitrogens with zero attached hydrogens (tertiary/aromatic N) is 1. The predicted molar refractivity (Wildman–Crippen MR) is 135 cm³/mol. The van der Waals surface area contributed by atoms with E-state index in [2.05, 4.69) is 72.8 Å². The Hall–Kier alpha value is -2.81. The number of carbonyl (C=O) groups is 1. The summed E-state index contributed by atoms with van der Waals surface area (Å²) in [7, 11) is -2.26. The first-order chi connectivity index (χ1) is 16.2. The maximum absolute atomic E-state index is 14.0. The van der Waals surface area contributed by atoms with E-state index < -0.39 is 7.26 Å². The largest absolute Gasteiger partial charge is 1.00 e. The van der Waals surface area contributed by atoms with E-state index in [4.69, 9.17) is 0 Å². The van der Waals surface area contributed by atoms with Crippen LogP contribution in [0.25, 0.3) is 0 Å². The van der Waals surface area contributed by atoms with E-state index in [-0.39, 0.29) is 34.4 Å². The summed E-state index contributed by atoms with van der Waals surface area (Å²) in [5, 5.41) is 3.68. The van der Waals surface area contributed by atoms with E-state index in [0.29, 0.717) is 13.1 Å². The number of rotatable bonds is 6. The molecule has 1 fully saturated rings. The number of likely N-dealkylation sites (tertiary alicyclic amines) is 1. The Balaban J connectivity index is 0.00000274. The number of benzene rings is 4. The maximum Gasteiger partial charge on any atom is 0.264 e. The molecule has 1 heterocycles. The van der Waals surface area contributed by atoms with Gasteiger partial charge >= 0.3 is 0 Å². The molecule has 172 valence electrons. The van der Waals surface area contributed by atoms with Crippen molar-refractivity contribution in [3.05, 3.63) is 127 Å². The molecule has 1 atom stereocenters. The van der Waals surface area contributed by atoms with Crippen LogP contribution in [-0.2, 0) is 11.3 Å². The lowest BCUT2D eigenvalue weighted by Crippen LogP contribution is -3.00. The highest BCUT2D eigenvalue weighted by Gasteiger charge is 2.58. The van der Waals surface area contributed by atoms with Crippen LogP contribution in [-0.4, -0.2) is 23.0 Å². The van der Waals surface area contributed by atoms with Crippen molar-refractivity contribution in [2.24, 2.45) is 0 Å². The summed E-state index contributed by atoms with van der Waals surface area (Å²) in [6.45, 7) is 1.21. The van der Waals surface area contributed by atoms with E-state index in [0.717, 1.165) is 12.0 Å². The average molecular weight is 534 g/mol. The Bertz CT molecular complexity index is 1120. The Morgan fingerprint density at radius 2 is 1.15 bits per heavy atom. The molecule has 0 N–H and O–H groups in total. The number of amides is 1. The second-order valence-corrected chi connectivity index (χ2v) is 12.0. The van der Waals surface area contributed by atoms with Crippen molar-refractivity contribution in [2.45, 2.75) is 18.6 Å². The van der Waals surface area contributed by atoms with Gasteiger partial charge < -0.3 is 21.9 Å². The van der Waals surface area contributed by atoms with Crippen LogP contribution in [0.5, 0.6) is 0 Å². The van der Waals surface area contributed by atoms with Crippen LogP contribution >= 0.6 is 7.26 Å². The molecule has 34 heavy (non-hydrogen) atoms. The number of halogens is 2. The lowest BCUT2D eigenvalue weighted by atomic mass is 10.2. The molecule has 0 saturated carbocycles. The van der Waals surface area contributed by atoms with Gasteiger partial charge in [0.25, 0.3) is 5.91 Å². The lowest BCUT2D eigenvalue weighted by Gasteiger charge is -2.32. The van der Waals surface area contributed by atoms with E-state index in [1.165, 1.54) is 28.0 Å². The second kappa shape index (κ2) is 10.6. The van der Waals surface area contributed by atoms with Crippen molar-refractivity contribution >= 4 is 29.1 Å². The molecule has 1 aliphatic heterocycles. The normalized spacial score (nSPS) is 15.7. The van der Waals surface area contributed by atoms with Crippen LogP contribution in [0.4, 0.5) is 4.39 Å². The van der Waals surface area contributed by atoms with Crippen molar-refractivity contribution in [1.82, 2.24) is 4.90 Å². The van der Waals surface area contributed by atoms with Gasteiger partial charge in [0.15, 0.2) is 5.66 Å².